The van der Waals surface area contributed by atoms with Crippen molar-refractivity contribution in [1.82, 2.24) is 5.32 Å². The van der Waals surface area contributed by atoms with Gasteiger partial charge in [0, 0.05) is 5.41 Å². The molecule has 0 heterocycles. The van der Waals surface area contributed by atoms with Gasteiger partial charge in [0.05, 0.1) is 17.8 Å². The molecule has 1 aromatic carbocycles. The second kappa shape index (κ2) is 6.39. The van der Waals surface area contributed by atoms with Crippen LogP contribution in [0.4, 0.5) is 5.69 Å². The zero-order valence-corrected chi connectivity index (χ0v) is 12.6. The van der Waals surface area contributed by atoms with E-state index in [0.29, 0.717) is 5.56 Å². The molecule has 0 unspecified atom stereocenters. The van der Waals surface area contributed by atoms with E-state index in [1.54, 1.807) is 39.8 Å². The van der Waals surface area contributed by atoms with Gasteiger partial charge in [-0.1, -0.05) is 32.9 Å². The summed E-state index contributed by atoms with van der Waals surface area (Å²) in [5, 5.41) is 14.2. The maximum absolute atomic E-state index is 11.8. The molecule has 6 nitrogen and oxygen atoms in total. The molecule has 0 fully saturated rings. The molecule has 0 saturated heterocycles. The van der Waals surface area contributed by atoms with Gasteiger partial charge in [-0.2, -0.15) is 0 Å². The van der Waals surface area contributed by atoms with E-state index < -0.39 is 17.3 Å². The Balaban J connectivity index is 2.75. The van der Waals surface area contributed by atoms with Gasteiger partial charge in [-0.3, -0.25) is 9.59 Å². The van der Waals surface area contributed by atoms with Crippen LogP contribution in [0, 0.1) is 12.3 Å². The largest absolute Gasteiger partial charge is 0.478 e. The fraction of sp³-hybridized carbons (Fsp3) is 0.400. The Bertz CT molecular complexity index is 574. The van der Waals surface area contributed by atoms with Crippen LogP contribution < -0.4 is 10.6 Å². The van der Waals surface area contributed by atoms with Crippen molar-refractivity contribution in [3.8, 4) is 0 Å². The summed E-state index contributed by atoms with van der Waals surface area (Å²) < 4.78 is 0. The Labute approximate surface area is 123 Å². The third-order valence-electron chi connectivity index (χ3n) is 2.85. The summed E-state index contributed by atoms with van der Waals surface area (Å²) in [5.74, 6) is -1.83. The van der Waals surface area contributed by atoms with Gasteiger partial charge in [-0.15, -0.1) is 0 Å². The zero-order chi connectivity index (χ0) is 16.2. The molecular weight excluding hydrogens is 272 g/mol. The zero-order valence-electron chi connectivity index (χ0n) is 12.6. The molecular formula is C15H20N2O4. The summed E-state index contributed by atoms with van der Waals surface area (Å²) >= 11 is 0. The number of carboxylic acid groups (broad SMARTS) is 1. The standard InChI is InChI=1S/C15H20N2O4/c1-9-6-5-7-10(12(9)13(19)20)17-11(18)8-16-14(21)15(2,3)4/h5-7H,8H2,1-4H3,(H,16,21)(H,17,18)(H,19,20). The van der Waals surface area contributed by atoms with Crippen LogP contribution in [0.2, 0.25) is 0 Å². The molecule has 0 spiro atoms. The predicted molar refractivity (Wildman–Crippen MR) is 79.2 cm³/mol. The lowest BCUT2D eigenvalue weighted by atomic mass is 9.96. The number of anilines is 1. The topological polar surface area (TPSA) is 95.5 Å². The smallest absolute Gasteiger partial charge is 0.338 e. The SMILES string of the molecule is Cc1cccc(NC(=O)CNC(=O)C(C)(C)C)c1C(=O)O. The molecule has 0 aliphatic carbocycles. The second-order valence-electron chi connectivity index (χ2n) is 5.78. The molecule has 21 heavy (non-hydrogen) atoms. The highest BCUT2D eigenvalue weighted by Crippen LogP contribution is 2.19. The number of carbonyl (C=O) groups is 3. The minimum absolute atomic E-state index is 0.0491. The minimum Gasteiger partial charge on any atom is -0.478 e. The molecule has 0 atom stereocenters. The van der Waals surface area contributed by atoms with Crippen molar-refractivity contribution in [3.63, 3.8) is 0 Å². The predicted octanol–water partition coefficient (Wildman–Crippen LogP) is 1.79. The van der Waals surface area contributed by atoms with Gasteiger partial charge < -0.3 is 15.7 Å². The van der Waals surface area contributed by atoms with E-state index in [4.69, 9.17) is 5.11 Å². The first-order valence-corrected chi connectivity index (χ1v) is 6.54. The number of nitrogens with one attached hydrogen (secondary N) is 2. The van der Waals surface area contributed by atoms with Crippen molar-refractivity contribution in [2.75, 3.05) is 11.9 Å². The maximum Gasteiger partial charge on any atom is 0.338 e. The van der Waals surface area contributed by atoms with Crippen molar-refractivity contribution < 1.29 is 19.5 Å². The molecule has 0 aliphatic rings. The van der Waals surface area contributed by atoms with Gasteiger partial charge in [0.1, 0.15) is 0 Å². The number of aryl methyl sites for hydroxylation is 1. The molecule has 1 aromatic rings. The van der Waals surface area contributed by atoms with E-state index in [2.05, 4.69) is 10.6 Å². The molecule has 1 rings (SSSR count). The van der Waals surface area contributed by atoms with E-state index in [0.717, 1.165) is 0 Å². The normalized spacial score (nSPS) is 10.9. The highest BCUT2D eigenvalue weighted by molar-refractivity contribution is 6.02. The highest BCUT2D eigenvalue weighted by atomic mass is 16.4. The monoisotopic (exact) mass is 292 g/mol. The molecule has 6 heteroatoms. The first-order chi connectivity index (χ1) is 9.62. The molecule has 0 bridgehead atoms. The Morgan fingerprint density at radius 3 is 2.33 bits per heavy atom. The molecule has 0 aliphatic heterocycles. The Kier molecular flexibility index (Phi) is 5.07. The second-order valence-corrected chi connectivity index (χ2v) is 5.78. The summed E-state index contributed by atoms with van der Waals surface area (Å²) in [6.45, 7) is 6.67. The van der Waals surface area contributed by atoms with Gasteiger partial charge in [0.2, 0.25) is 11.8 Å². The van der Waals surface area contributed by atoms with Gasteiger partial charge in [0.25, 0.3) is 0 Å². The third-order valence-corrected chi connectivity index (χ3v) is 2.85. The summed E-state index contributed by atoms with van der Waals surface area (Å²) in [6.07, 6.45) is 0. The molecule has 2 amide bonds. The molecule has 0 radical (unpaired) electrons. The summed E-state index contributed by atoms with van der Waals surface area (Å²) in [4.78, 5) is 34.7. The molecule has 114 valence electrons. The molecule has 3 N–H and O–H groups in total. The number of carboxylic acids is 1. The fourth-order valence-corrected chi connectivity index (χ4v) is 1.68. The van der Waals surface area contributed by atoms with Crippen LogP contribution in [-0.2, 0) is 9.59 Å². The van der Waals surface area contributed by atoms with Crippen LogP contribution in [0.5, 0.6) is 0 Å². The highest BCUT2D eigenvalue weighted by Gasteiger charge is 2.22. The van der Waals surface area contributed by atoms with Crippen LogP contribution in [-0.4, -0.2) is 29.4 Å². The van der Waals surface area contributed by atoms with Gasteiger partial charge in [0.15, 0.2) is 0 Å². The van der Waals surface area contributed by atoms with Crippen LogP contribution >= 0.6 is 0 Å². The lowest BCUT2D eigenvalue weighted by Crippen LogP contribution is -2.39. The maximum atomic E-state index is 11.8. The van der Waals surface area contributed by atoms with E-state index >= 15 is 0 Å². The van der Waals surface area contributed by atoms with E-state index in [-0.39, 0.29) is 23.7 Å². The van der Waals surface area contributed by atoms with Crippen molar-refractivity contribution in [3.05, 3.63) is 29.3 Å². The Hall–Kier alpha value is -2.37. The average molecular weight is 292 g/mol. The Morgan fingerprint density at radius 1 is 1.19 bits per heavy atom. The molecule has 0 aromatic heterocycles. The van der Waals surface area contributed by atoms with Gasteiger partial charge in [-0.25, -0.2) is 4.79 Å². The number of rotatable bonds is 4. The summed E-state index contributed by atoms with van der Waals surface area (Å²) in [5.41, 5.74) is 0.236. The van der Waals surface area contributed by atoms with Gasteiger partial charge >= 0.3 is 5.97 Å². The van der Waals surface area contributed by atoms with Crippen LogP contribution in [0.3, 0.4) is 0 Å². The average Bonchev–Trinajstić information content (AvgIpc) is 2.34. The van der Waals surface area contributed by atoms with Gasteiger partial charge in [-0.05, 0) is 18.6 Å². The van der Waals surface area contributed by atoms with Crippen LogP contribution in [0.1, 0.15) is 36.7 Å². The number of amides is 2. The van der Waals surface area contributed by atoms with Crippen LogP contribution in [0.25, 0.3) is 0 Å². The number of carbonyl (C=O) groups excluding carboxylic acids is 2. The number of hydrogen-bond donors (Lipinski definition) is 3. The van der Waals surface area contributed by atoms with Crippen molar-refractivity contribution >= 4 is 23.5 Å². The first-order valence-electron chi connectivity index (χ1n) is 6.54. The number of hydrogen-bond acceptors (Lipinski definition) is 3. The third kappa shape index (κ3) is 4.59. The van der Waals surface area contributed by atoms with E-state index in [9.17, 15) is 14.4 Å². The first kappa shape index (κ1) is 16.7. The fourth-order valence-electron chi connectivity index (χ4n) is 1.68. The quantitative estimate of drug-likeness (QED) is 0.788. The minimum atomic E-state index is -1.11. The van der Waals surface area contributed by atoms with Crippen molar-refractivity contribution in [2.45, 2.75) is 27.7 Å². The lowest BCUT2D eigenvalue weighted by Gasteiger charge is -2.17. The van der Waals surface area contributed by atoms with Crippen molar-refractivity contribution in [2.24, 2.45) is 5.41 Å². The summed E-state index contributed by atoms with van der Waals surface area (Å²) in [7, 11) is 0. The lowest BCUT2D eigenvalue weighted by molar-refractivity contribution is -0.130. The number of benzene rings is 1. The number of aromatic carboxylic acids is 1. The van der Waals surface area contributed by atoms with Crippen molar-refractivity contribution in [1.29, 1.82) is 0 Å². The summed E-state index contributed by atoms with van der Waals surface area (Å²) in [6, 6.07) is 4.82. The van der Waals surface area contributed by atoms with E-state index in [1.165, 1.54) is 6.07 Å². The van der Waals surface area contributed by atoms with E-state index in [1.807, 2.05) is 0 Å². The van der Waals surface area contributed by atoms with Crippen LogP contribution in [0.15, 0.2) is 18.2 Å². The molecule has 0 saturated carbocycles. The Morgan fingerprint density at radius 2 is 1.81 bits per heavy atom.